The Morgan fingerprint density at radius 1 is 0.242 bits per heavy atom. The first kappa shape index (κ1) is 36.9. The van der Waals surface area contributed by atoms with Crippen molar-refractivity contribution in [2.75, 3.05) is 0 Å². The lowest BCUT2D eigenvalue weighted by molar-refractivity contribution is 1.18. The molecule has 306 valence electrons. The lowest BCUT2D eigenvalue weighted by atomic mass is 9.83. The van der Waals surface area contributed by atoms with Crippen LogP contribution in [-0.2, 0) is 6.42 Å². The van der Waals surface area contributed by atoms with E-state index in [9.17, 15) is 0 Å². The van der Waals surface area contributed by atoms with Gasteiger partial charge in [0.1, 0.15) is 0 Å². The highest BCUT2D eigenvalue weighted by Gasteiger charge is 2.27. The molecule has 0 bridgehead atoms. The van der Waals surface area contributed by atoms with Crippen LogP contribution >= 0.6 is 0 Å². The molecule has 0 fully saturated rings. The molecule has 1 aromatic heterocycles. The van der Waals surface area contributed by atoms with Gasteiger partial charge in [0, 0.05) is 16.5 Å². The molecule has 0 saturated heterocycles. The Balaban J connectivity index is 0.958. The van der Waals surface area contributed by atoms with Crippen molar-refractivity contribution in [1.29, 1.82) is 0 Å². The second-order valence-electron chi connectivity index (χ2n) is 17.9. The normalized spacial score (nSPS) is 12.2. The van der Waals surface area contributed by atoms with E-state index < -0.39 is 0 Å². The maximum atomic E-state index is 2.50. The number of nitrogens with zero attached hydrogens (tertiary/aromatic N) is 1. The third kappa shape index (κ3) is 5.41. The van der Waals surface area contributed by atoms with Crippen molar-refractivity contribution in [2.24, 2.45) is 0 Å². The van der Waals surface area contributed by atoms with Crippen molar-refractivity contribution in [3.05, 3.63) is 248 Å². The summed E-state index contributed by atoms with van der Waals surface area (Å²) in [6.07, 6.45) is 0.916. The van der Waals surface area contributed by atoms with Crippen molar-refractivity contribution >= 4 is 64.9 Å². The van der Waals surface area contributed by atoms with Gasteiger partial charge in [-0.15, -0.1) is 0 Å². The van der Waals surface area contributed by atoms with E-state index in [1.54, 1.807) is 0 Å². The lowest BCUT2D eigenvalue weighted by Crippen LogP contribution is -1.95. The van der Waals surface area contributed by atoms with Gasteiger partial charge in [-0.1, -0.05) is 206 Å². The van der Waals surface area contributed by atoms with E-state index in [0.29, 0.717) is 0 Å². The van der Waals surface area contributed by atoms with Crippen LogP contribution in [0.15, 0.2) is 237 Å². The number of para-hydroxylation sites is 2. The van der Waals surface area contributed by atoms with Gasteiger partial charge in [-0.05, 0) is 147 Å². The standard InChI is InChI=1S/C65H41N/c1-2-17-41(18-3-1)61-49-22-4-6-24-51(49)63(52-25-7-5-23-50(52)61)45-34-33-43-39-44-19-16-30-57(64(44)58(43)40-45)65-55-28-10-8-26-53(55)62(54-27-9-11-29-56(54)65)42-35-37-46(38-36-42)66-59-31-14-12-20-47(59)48-21-13-15-32-60(48)66/h1-38,40H,39H2. The Kier molecular flexibility index (Phi) is 8.11. The zero-order chi connectivity index (χ0) is 43.3. The van der Waals surface area contributed by atoms with Gasteiger partial charge in [0.2, 0.25) is 0 Å². The second kappa shape index (κ2) is 14.5. The number of benzene rings is 12. The number of hydrogen-bond donors (Lipinski definition) is 0. The van der Waals surface area contributed by atoms with Gasteiger partial charge in [0.25, 0.3) is 0 Å². The Bertz CT molecular complexity index is 3950. The average molecular weight is 836 g/mol. The predicted octanol–water partition coefficient (Wildman–Crippen LogP) is 17.6. The summed E-state index contributed by atoms with van der Waals surface area (Å²) in [6, 6.07) is 88.0. The largest absolute Gasteiger partial charge is 0.309 e. The molecule has 1 heterocycles. The Morgan fingerprint density at radius 3 is 1.17 bits per heavy atom. The first-order valence-electron chi connectivity index (χ1n) is 23.1. The maximum Gasteiger partial charge on any atom is 0.0541 e. The Morgan fingerprint density at radius 2 is 0.652 bits per heavy atom. The first-order chi connectivity index (χ1) is 32.8. The smallest absolute Gasteiger partial charge is 0.0541 e. The fourth-order valence-electron chi connectivity index (χ4n) is 11.7. The summed E-state index contributed by atoms with van der Waals surface area (Å²) in [4.78, 5) is 0. The van der Waals surface area contributed by atoms with E-state index in [2.05, 4.69) is 241 Å². The molecule has 1 nitrogen and oxygen atoms in total. The fraction of sp³-hybridized carbons (Fsp3) is 0.0154. The highest BCUT2D eigenvalue weighted by molar-refractivity contribution is 6.24. The van der Waals surface area contributed by atoms with E-state index in [0.717, 1.165) is 12.1 Å². The number of fused-ring (bicyclic) bond motifs is 10. The first-order valence-corrected chi connectivity index (χ1v) is 23.1. The molecular formula is C65H41N. The van der Waals surface area contributed by atoms with Gasteiger partial charge in [-0.25, -0.2) is 0 Å². The van der Waals surface area contributed by atoms with E-state index >= 15 is 0 Å². The van der Waals surface area contributed by atoms with Crippen LogP contribution in [-0.4, -0.2) is 4.57 Å². The Labute approximate surface area is 383 Å². The molecule has 0 unspecified atom stereocenters. The summed E-state index contributed by atoms with van der Waals surface area (Å²) in [7, 11) is 0. The molecule has 1 heteroatoms. The van der Waals surface area contributed by atoms with E-state index in [1.165, 1.54) is 132 Å². The van der Waals surface area contributed by atoms with E-state index in [1.807, 2.05) is 0 Å². The molecular weight excluding hydrogens is 795 g/mol. The molecule has 0 amide bonds. The predicted molar refractivity (Wildman–Crippen MR) is 281 cm³/mol. The van der Waals surface area contributed by atoms with Gasteiger partial charge in [-0.2, -0.15) is 0 Å². The van der Waals surface area contributed by atoms with Gasteiger partial charge < -0.3 is 4.57 Å². The van der Waals surface area contributed by atoms with Crippen molar-refractivity contribution < 1.29 is 0 Å². The van der Waals surface area contributed by atoms with Crippen LogP contribution in [0.25, 0.3) is 126 Å². The molecule has 0 saturated carbocycles. The monoisotopic (exact) mass is 835 g/mol. The molecule has 12 aromatic carbocycles. The molecule has 1 aliphatic carbocycles. The van der Waals surface area contributed by atoms with Crippen LogP contribution in [0.1, 0.15) is 11.1 Å². The van der Waals surface area contributed by atoms with Crippen LogP contribution in [0.3, 0.4) is 0 Å². The number of rotatable bonds is 5. The minimum atomic E-state index is 0.916. The van der Waals surface area contributed by atoms with Gasteiger partial charge in [0.15, 0.2) is 0 Å². The number of aromatic nitrogens is 1. The summed E-state index contributed by atoms with van der Waals surface area (Å²) in [5, 5.41) is 12.7. The summed E-state index contributed by atoms with van der Waals surface area (Å²) >= 11 is 0. The summed E-state index contributed by atoms with van der Waals surface area (Å²) in [6.45, 7) is 0. The zero-order valence-corrected chi connectivity index (χ0v) is 36.2. The molecule has 14 rings (SSSR count). The highest BCUT2D eigenvalue weighted by Crippen LogP contribution is 2.51. The SMILES string of the molecule is c1ccc(-c2c3ccccc3c(-c3ccc4c(c3)-c3c(cccc3-c3c5ccccc5c(-c5ccc(-n6c7ccccc7c7ccccc76)cc5)c5ccccc35)C4)c3ccccc23)cc1. The third-order valence-electron chi connectivity index (χ3n) is 14.4. The minimum Gasteiger partial charge on any atom is -0.309 e. The highest BCUT2D eigenvalue weighted by atomic mass is 15.0. The van der Waals surface area contributed by atoms with Crippen molar-refractivity contribution in [1.82, 2.24) is 4.57 Å². The molecule has 0 atom stereocenters. The second-order valence-corrected chi connectivity index (χ2v) is 17.9. The molecule has 0 radical (unpaired) electrons. The van der Waals surface area contributed by atoms with Crippen LogP contribution in [0.4, 0.5) is 0 Å². The molecule has 66 heavy (non-hydrogen) atoms. The van der Waals surface area contributed by atoms with Gasteiger partial charge in [0.05, 0.1) is 11.0 Å². The minimum absolute atomic E-state index is 0.916. The molecule has 0 N–H and O–H groups in total. The Hall–Kier alpha value is -8.52. The number of hydrogen-bond acceptors (Lipinski definition) is 0. The summed E-state index contributed by atoms with van der Waals surface area (Å²) < 4.78 is 2.40. The quantitative estimate of drug-likeness (QED) is 0.152. The zero-order valence-electron chi connectivity index (χ0n) is 36.2. The maximum absolute atomic E-state index is 2.50. The molecule has 0 spiro atoms. The van der Waals surface area contributed by atoms with E-state index in [-0.39, 0.29) is 0 Å². The molecule has 0 aliphatic heterocycles. The van der Waals surface area contributed by atoms with Gasteiger partial charge in [-0.3, -0.25) is 0 Å². The fourth-order valence-corrected chi connectivity index (χ4v) is 11.7. The van der Waals surface area contributed by atoms with Crippen LogP contribution in [0.2, 0.25) is 0 Å². The van der Waals surface area contributed by atoms with E-state index in [4.69, 9.17) is 0 Å². The van der Waals surface area contributed by atoms with Crippen LogP contribution < -0.4 is 0 Å². The lowest BCUT2D eigenvalue weighted by Gasteiger charge is -2.20. The van der Waals surface area contributed by atoms with Crippen molar-refractivity contribution in [3.63, 3.8) is 0 Å². The van der Waals surface area contributed by atoms with Crippen molar-refractivity contribution in [2.45, 2.75) is 6.42 Å². The summed E-state index contributed by atoms with van der Waals surface area (Å²) in [5.74, 6) is 0. The van der Waals surface area contributed by atoms with Crippen LogP contribution in [0.5, 0.6) is 0 Å². The average Bonchev–Trinajstić information content (AvgIpc) is 3.93. The molecule has 13 aromatic rings. The van der Waals surface area contributed by atoms with Crippen LogP contribution in [0, 0.1) is 0 Å². The topological polar surface area (TPSA) is 4.93 Å². The summed E-state index contributed by atoms with van der Waals surface area (Å²) in [5.41, 5.74) is 19.2. The molecule has 1 aliphatic rings. The third-order valence-corrected chi connectivity index (χ3v) is 14.4. The van der Waals surface area contributed by atoms with Crippen molar-refractivity contribution in [3.8, 4) is 61.3 Å². The van der Waals surface area contributed by atoms with Gasteiger partial charge >= 0.3 is 0 Å².